The number of hydrogen-bond acceptors (Lipinski definition) is 3. The Balaban J connectivity index is 1.71. The van der Waals surface area contributed by atoms with Crippen LogP contribution in [0.2, 0.25) is 0 Å². The zero-order valence-electron chi connectivity index (χ0n) is 12.0. The fraction of sp³-hybridized carbons (Fsp3) is 0.333. The lowest BCUT2D eigenvalue weighted by molar-refractivity contribution is -0.130. The van der Waals surface area contributed by atoms with Crippen LogP contribution in [0.5, 0.6) is 0 Å². The van der Waals surface area contributed by atoms with Crippen LogP contribution in [-0.4, -0.2) is 34.4 Å². The molecule has 1 aromatic heterocycles. The number of rotatable bonds is 7. The van der Waals surface area contributed by atoms with Crippen molar-refractivity contribution in [1.29, 1.82) is 0 Å². The molecule has 5 nitrogen and oxygen atoms in total. The molecular formula is C15H19BrN4O. The molecule has 112 valence electrons. The molecule has 1 aromatic carbocycles. The maximum atomic E-state index is 12.1. The van der Waals surface area contributed by atoms with E-state index in [9.17, 15) is 4.79 Å². The van der Waals surface area contributed by atoms with Crippen molar-refractivity contribution in [2.45, 2.75) is 19.5 Å². The summed E-state index contributed by atoms with van der Waals surface area (Å²) in [6.07, 6.45) is 3.98. The van der Waals surface area contributed by atoms with Crippen molar-refractivity contribution in [2.75, 3.05) is 13.6 Å². The third kappa shape index (κ3) is 4.99. The SMILES string of the molecule is CN(Cc1ccccc1Br)C(=O)CCNCc1ncc[nH]1. The summed E-state index contributed by atoms with van der Waals surface area (Å²) in [5, 5.41) is 3.20. The largest absolute Gasteiger partial charge is 0.348 e. The van der Waals surface area contributed by atoms with Gasteiger partial charge >= 0.3 is 0 Å². The number of aromatic amines is 1. The van der Waals surface area contributed by atoms with Gasteiger partial charge in [0.1, 0.15) is 5.82 Å². The van der Waals surface area contributed by atoms with Crippen molar-refractivity contribution in [3.8, 4) is 0 Å². The lowest BCUT2D eigenvalue weighted by Crippen LogP contribution is -2.29. The third-order valence-corrected chi connectivity index (χ3v) is 3.93. The molecule has 0 spiro atoms. The lowest BCUT2D eigenvalue weighted by atomic mass is 10.2. The maximum Gasteiger partial charge on any atom is 0.223 e. The van der Waals surface area contributed by atoms with E-state index in [1.54, 1.807) is 17.3 Å². The van der Waals surface area contributed by atoms with Gasteiger partial charge in [-0.25, -0.2) is 4.98 Å². The summed E-state index contributed by atoms with van der Waals surface area (Å²) in [5.74, 6) is 1.00. The smallest absolute Gasteiger partial charge is 0.223 e. The molecule has 2 aromatic rings. The van der Waals surface area contributed by atoms with Crippen LogP contribution in [0.25, 0.3) is 0 Å². The Labute approximate surface area is 132 Å². The zero-order valence-corrected chi connectivity index (χ0v) is 13.6. The van der Waals surface area contributed by atoms with Crippen LogP contribution in [0.3, 0.4) is 0 Å². The lowest BCUT2D eigenvalue weighted by Gasteiger charge is -2.18. The van der Waals surface area contributed by atoms with E-state index in [0.29, 0.717) is 26.1 Å². The molecule has 6 heteroatoms. The van der Waals surface area contributed by atoms with E-state index < -0.39 is 0 Å². The van der Waals surface area contributed by atoms with Crippen LogP contribution in [0.4, 0.5) is 0 Å². The van der Waals surface area contributed by atoms with E-state index in [-0.39, 0.29) is 5.91 Å². The molecule has 1 heterocycles. The molecule has 2 rings (SSSR count). The van der Waals surface area contributed by atoms with Crippen molar-refractivity contribution in [3.63, 3.8) is 0 Å². The Morgan fingerprint density at radius 2 is 2.24 bits per heavy atom. The normalized spacial score (nSPS) is 10.6. The number of nitrogens with zero attached hydrogens (tertiary/aromatic N) is 2. The van der Waals surface area contributed by atoms with Crippen LogP contribution in [-0.2, 0) is 17.9 Å². The topological polar surface area (TPSA) is 61.0 Å². The molecule has 0 saturated heterocycles. The number of amides is 1. The van der Waals surface area contributed by atoms with Gasteiger partial charge in [0, 0.05) is 43.4 Å². The van der Waals surface area contributed by atoms with Gasteiger partial charge in [-0.15, -0.1) is 0 Å². The Bertz CT molecular complexity index is 571. The van der Waals surface area contributed by atoms with Crippen molar-refractivity contribution in [1.82, 2.24) is 20.2 Å². The Morgan fingerprint density at radius 1 is 1.43 bits per heavy atom. The first kappa shape index (κ1) is 15.7. The van der Waals surface area contributed by atoms with Gasteiger partial charge in [0.25, 0.3) is 0 Å². The zero-order chi connectivity index (χ0) is 15.1. The number of hydrogen-bond donors (Lipinski definition) is 2. The predicted molar refractivity (Wildman–Crippen MR) is 85.5 cm³/mol. The number of benzene rings is 1. The molecule has 0 radical (unpaired) electrons. The van der Waals surface area contributed by atoms with Crippen LogP contribution < -0.4 is 5.32 Å². The van der Waals surface area contributed by atoms with Crippen molar-refractivity contribution in [3.05, 3.63) is 52.5 Å². The highest BCUT2D eigenvalue weighted by Gasteiger charge is 2.10. The molecule has 0 bridgehead atoms. The first-order chi connectivity index (χ1) is 10.2. The molecule has 2 N–H and O–H groups in total. The highest BCUT2D eigenvalue weighted by Crippen LogP contribution is 2.17. The van der Waals surface area contributed by atoms with E-state index in [0.717, 1.165) is 15.9 Å². The van der Waals surface area contributed by atoms with Gasteiger partial charge in [0.2, 0.25) is 5.91 Å². The number of nitrogens with one attached hydrogen (secondary N) is 2. The van der Waals surface area contributed by atoms with Gasteiger partial charge in [-0.3, -0.25) is 4.79 Å². The first-order valence-electron chi connectivity index (χ1n) is 6.83. The van der Waals surface area contributed by atoms with Crippen LogP contribution in [0.1, 0.15) is 17.8 Å². The minimum Gasteiger partial charge on any atom is -0.348 e. The fourth-order valence-corrected chi connectivity index (χ4v) is 2.37. The van der Waals surface area contributed by atoms with Crippen LogP contribution in [0, 0.1) is 0 Å². The highest BCUT2D eigenvalue weighted by atomic mass is 79.9. The summed E-state index contributed by atoms with van der Waals surface area (Å²) >= 11 is 3.50. The second-order valence-corrected chi connectivity index (χ2v) is 5.66. The van der Waals surface area contributed by atoms with Gasteiger partial charge in [-0.1, -0.05) is 34.1 Å². The monoisotopic (exact) mass is 350 g/mol. The average molecular weight is 351 g/mol. The van der Waals surface area contributed by atoms with E-state index in [4.69, 9.17) is 0 Å². The molecule has 1 amide bonds. The quantitative estimate of drug-likeness (QED) is 0.753. The van der Waals surface area contributed by atoms with E-state index in [1.807, 2.05) is 31.3 Å². The summed E-state index contributed by atoms with van der Waals surface area (Å²) in [6, 6.07) is 7.94. The van der Waals surface area contributed by atoms with Crippen molar-refractivity contribution < 1.29 is 4.79 Å². The molecule has 21 heavy (non-hydrogen) atoms. The molecule has 0 aliphatic rings. The third-order valence-electron chi connectivity index (χ3n) is 3.15. The average Bonchev–Trinajstić information content (AvgIpc) is 2.99. The number of halogens is 1. The number of aromatic nitrogens is 2. The number of imidazole rings is 1. The van der Waals surface area contributed by atoms with E-state index >= 15 is 0 Å². The fourth-order valence-electron chi connectivity index (χ4n) is 1.96. The second-order valence-electron chi connectivity index (χ2n) is 4.80. The van der Waals surface area contributed by atoms with Gasteiger partial charge in [0.05, 0.1) is 6.54 Å². The highest BCUT2D eigenvalue weighted by molar-refractivity contribution is 9.10. The maximum absolute atomic E-state index is 12.1. The number of carbonyl (C=O) groups excluding carboxylic acids is 1. The molecule has 0 aliphatic heterocycles. The van der Waals surface area contributed by atoms with Gasteiger partial charge in [-0.05, 0) is 11.6 Å². The molecule has 0 fully saturated rings. The van der Waals surface area contributed by atoms with Gasteiger partial charge in [-0.2, -0.15) is 0 Å². The Hall–Kier alpha value is -1.66. The molecule has 0 unspecified atom stereocenters. The summed E-state index contributed by atoms with van der Waals surface area (Å²) in [7, 11) is 1.83. The molecule has 0 aliphatic carbocycles. The number of H-pyrrole nitrogens is 1. The van der Waals surface area contributed by atoms with E-state index in [1.165, 1.54) is 0 Å². The van der Waals surface area contributed by atoms with Crippen molar-refractivity contribution in [2.24, 2.45) is 0 Å². The van der Waals surface area contributed by atoms with Crippen molar-refractivity contribution >= 4 is 21.8 Å². The second kappa shape index (κ2) is 7.95. The Morgan fingerprint density at radius 3 is 2.95 bits per heavy atom. The summed E-state index contributed by atoms with van der Waals surface area (Å²) < 4.78 is 1.03. The minimum absolute atomic E-state index is 0.123. The summed E-state index contributed by atoms with van der Waals surface area (Å²) in [4.78, 5) is 20.9. The summed E-state index contributed by atoms with van der Waals surface area (Å²) in [6.45, 7) is 1.90. The van der Waals surface area contributed by atoms with Crippen LogP contribution in [0.15, 0.2) is 41.1 Å². The molecular weight excluding hydrogens is 332 g/mol. The number of carbonyl (C=O) groups is 1. The predicted octanol–water partition coefficient (Wildman–Crippen LogP) is 2.31. The summed E-state index contributed by atoms with van der Waals surface area (Å²) in [5.41, 5.74) is 1.11. The first-order valence-corrected chi connectivity index (χ1v) is 7.62. The van der Waals surface area contributed by atoms with Gasteiger partial charge < -0.3 is 15.2 Å². The minimum atomic E-state index is 0.123. The molecule has 0 atom stereocenters. The Kier molecular flexibility index (Phi) is 5.95. The van der Waals surface area contributed by atoms with Gasteiger partial charge in [0.15, 0.2) is 0 Å². The van der Waals surface area contributed by atoms with E-state index in [2.05, 4.69) is 31.2 Å². The van der Waals surface area contributed by atoms with Crippen LogP contribution >= 0.6 is 15.9 Å². The standard InChI is InChI=1S/C15H19BrN4O/c1-20(11-12-4-2-3-5-13(12)16)15(21)6-7-17-10-14-18-8-9-19-14/h2-5,8-9,17H,6-7,10-11H2,1H3,(H,18,19). The molecule has 0 saturated carbocycles.